The summed E-state index contributed by atoms with van der Waals surface area (Å²) in [7, 11) is 0. The number of aromatic nitrogens is 1. The van der Waals surface area contributed by atoms with Crippen LogP contribution in [0.5, 0.6) is 5.75 Å². The standard InChI is InChI=1S/C21H17Cl2N3O4/c1-11-15(10-24-30-11)19(28)25-13-3-5-18(27)14(9-13)20(29)26-21(6-7-21)12-2-4-16(22)17(23)8-12/h2-5,8-10,27H,6-7H2,1H3,(H,25,28)(H,26,29). The zero-order chi connectivity index (χ0) is 21.5. The van der Waals surface area contributed by atoms with Crippen molar-refractivity contribution in [3.63, 3.8) is 0 Å². The van der Waals surface area contributed by atoms with E-state index >= 15 is 0 Å². The highest BCUT2D eigenvalue weighted by Gasteiger charge is 2.46. The highest BCUT2D eigenvalue weighted by molar-refractivity contribution is 6.42. The molecule has 0 saturated heterocycles. The molecular formula is C21H17Cl2N3O4. The summed E-state index contributed by atoms with van der Waals surface area (Å²) in [5.41, 5.74) is 0.961. The average Bonchev–Trinajstić information content (AvgIpc) is 3.36. The lowest BCUT2D eigenvalue weighted by Gasteiger charge is -2.19. The Bertz CT molecular complexity index is 1150. The van der Waals surface area contributed by atoms with Gasteiger partial charge in [0.2, 0.25) is 0 Å². The number of benzene rings is 2. The summed E-state index contributed by atoms with van der Waals surface area (Å²) >= 11 is 12.1. The number of halogens is 2. The average molecular weight is 446 g/mol. The SMILES string of the molecule is Cc1oncc1C(=O)Nc1ccc(O)c(C(=O)NC2(c3ccc(Cl)c(Cl)c3)CC2)c1. The van der Waals surface area contributed by atoms with Gasteiger partial charge in [0.05, 0.1) is 27.3 Å². The Balaban J connectivity index is 1.54. The molecule has 3 aromatic rings. The summed E-state index contributed by atoms with van der Waals surface area (Å²) in [6.45, 7) is 1.62. The molecular weight excluding hydrogens is 429 g/mol. The minimum Gasteiger partial charge on any atom is -0.507 e. The van der Waals surface area contributed by atoms with E-state index in [-0.39, 0.29) is 16.9 Å². The molecule has 2 aromatic carbocycles. The van der Waals surface area contributed by atoms with E-state index in [1.807, 2.05) is 6.07 Å². The molecule has 2 amide bonds. The molecule has 30 heavy (non-hydrogen) atoms. The molecule has 0 atom stereocenters. The van der Waals surface area contributed by atoms with Gasteiger partial charge in [-0.15, -0.1) is 0 Å². The number of aryl methyl sites for hydroxylation is 1. The molecule has 154 valence electrons. The van der Waals surface area contributed by atoms with Gasteiger partial charge in [0.15, 0.2) is 0 Å². The fourth-order valence-corrected chi connectivity index (χ4v) is 3.50. The smallest absolute Gasteiger partial charge is 0.260 e. The third-order valence-corrected chi connectivity index (χ3v) is 5.81. The molecule has 1 aliphatic rings. The fraction of sp³-hybridized carbons (Fsp3) is 0.190. The number of nitrogens with one attached hydrogen (secondary N) is 2. The van der Waals surface area contributed by atoms with Crippen LogP contribution in [0.4, 0.5) is 5.69 Å². The molecule has 0 radical (unpaired) electrons. The van der Waals surface area contributed by atoms with Gasteiger partial charge in [-0.3, -0.25) is 9.59 Å². The normalized spacial score (nSPS) is 14.2. The molecule has 1 aromatic heterocycles. The number of carbonyl (C=O) groups is 2. The first-order valence-electron chi connectivity index (χ1n) is 9.13. The summed E-state index contributed by atoms with van der Waals surface area (Å²) in [4.78, 5) is 25.2. The van der Waals surface area contributed by atoms with Crippen molar-refractivity contribution < 1.29 is 19.2 Å². The van der Waals surface area contributed by atoms with Crippen LogP contribution in [-0.2, 0) is 5.54 Å². The van der Waals surface area contributed by atoms with Crippen LogP contribution in [-0.4, -0.2) is 22.1 Å². The van der Waals surface area contributed by atoms with Crippen LogP contribution in [0.2, 0.25) is 10.0 Å². The molecule has 3 N–H and O–H groups in total. The minimum absolute atomic E-state index is 0.0428. The van der Waals surface area contributed by atoms with Crippen LogP contribution in [0.3, 0.4) is 0 Å². The van der Waals surface area contributed by atoms with E-state index in [4.69, 9.17) is 27.7 Å². The second kappa shape index (κ2) is 7.66. The topological polar surface area (TPSA) is 104 Å². The van der Waals surface area contributed by atoms with Gasteiger partial charge in [-0.1, -0.05) is 34.4 Å². The molecule has 0 unspecified atom stereocenters. The molecule has 0 aliphatic heterocycles. The van der Waals surface area contributed by atoms with E-state index in [1.165, 1.54) is 24.4 Å². The maximum atomic E-state index is 12.9. The maximum Gasteiger partial charge on any atom is 0.260 e. The van der Waals surface area contributed by atoms with E-state index < -0.39 is 17.4 Å². The molecule has 1 fully saturated rings. The predicted octanol–water partition coefficient (Wildman–Crippen LogP) is 4.67. The van der Waals surface area contributed by atoms with Gasteiger partial charge in [0.25, 0.3) is 11.8 Å². The van der Waals surface area contributed by atoms with Gasteiger partial charge in [-0.05, 0) is 55.7 Å². The Morgan fingerprint density at radius 3 is 2.47 bits per heavy atom. The van der Waals surface area contributed by atoms with Gasteiger partial charge in [-0.2, -0.15) is 0 Å². The van der Waals surface area contributed by atoms with Crippen molar-refractivity contribution in [3.8, 4) is 5.75 Å². The monoisotopic (exact) mass is 445 g/mol. The first-order chi connectivity index (χ1) is 14.3. The molecule has 0 spiro atoms. The first-order valence-corrected chi connectivity index (χ1v) is 9.88. The number of anilines is 1. The van der Waals surface area contributed by atoms with Gasteiger partial charge in [-0.25, -0.2) is 0 Å². The van der Waals surface area contributed by atoms with E-state index in [0.29, 0.717) is 21.5 Å². The van der Waals surface area contributed by atoms with Gasteiger partial charge in [0.1, 0.15) is 17.1 Å². The number of aromatic hydroxyl groups is 1. The second-order valence-electron chi connectivity index (χ2n) is 7.15. The fourth-order valence-electron chi connectivity index (χ4n) is 3.20. The van der Waals surface area contributed by atoms with E-state index in [9.17, 15) is 14.7 Å². The lowest BCUT2D eigenvalue weighted by atomic mass is 10.0. The highest BCUT2D eigenvalue weighted by Crippen LogP contribution is 2.47. The largest absolute Gasteiger partial charge is 0.507 e. The Kier molecular flexibility index (Phi) is 5.17. The van der Waals surface area contributed by atoms with Crippen molar-refractivity contribution in [2.24, 2.45) is 0 Å². The summed E-state index contributed by atoms with van der Waals surface area (Å²) < 4.78 is 4.89. The number of nitrogens with zero attached hydrogens (tertiary/aromatic N) is 1. The lowest BCUT2D eigenvalue weighted by Crippen LogP contribution is -2.35. The molecule has 9 heteroatoms. The Morgan fingerprint density at radius 2 is 1.83 bits per heavy atom. The van der Waals surface area contributed by atoms with Crippen molar-refractivity contribution in [1.82, 2.24) is 10.5 Å². The number of carbonyl (C=O) groups excluding carboxylic acids is 2. The summed E-state index contributed by atoms with van der Waals surface area (Å²) in [6.07, 6.45) is 2.79. The zero-order valence-corrected chi connectivity index (χ0v) is 17.3. The third kappa shape index (κ3) is 3.86. The van der Waals surface area contributed by atoms with E-state index in [0.717, 1.165) is 18.4 Å². The third-order valence-electron chi connectivity index (χ3n) is 5.07. The number of hydrogen-bond donors (Lipinski definition) is 3. The number of amides is 2. The second-order valence-corrected chi connectivity index (χ2v) is 7.96. The van der Waals surface area contributed by atoms with Crippen LogP contribution < -0.4 is 10.6 Å². The van der Waals surface area contributed by atoms with Crippen molar-refractivity contribution in [1.29, 1.82) is 0 Å². The Hall–Kier alpha value is -3.03. The van der Waals surface area contributed by atoms with E-state index in [2.05, 4.69) is 15.8 Å². The first kappa shape index (κ1) is 20.3. The summed E-state index contributed by atoms with van der Waals surface area (Å²) in [5, 5.41) is 20.3. The zero-order valence-electron chi connectivity index (χ0n) is 15.8. The maximum absolute atomic E-state index is 12.9. The molecule has 0 bridgehead atoms. The van der Waals surface area contributed by atoms with Gasteiger partial charge in [0, 0.05) is 5.69 Å². The number of rotatable bonds is 5. The Morgan fingerprint density at radius 1 is 1.07 bits per heavy atom. The van der Waals surface area contributed by atoms with Crippen molar-refractivity contribution in [2.45, 2.75) is 25.3 Å². The van der Waals surface area contributed by atoms with Crippen LogP contribution in [0, 0.1) is 6.92 Å². The van der Waals surface area contributed by atoms with Gasteiger partial charge < -0.3 is 20.3 Å². The molecule has 1 saturated carbocycles. The van der Waals surface area contributed by atoms with Crippen molar-refractivity contribution in [3.05, 3.63) is 75.1 Å². The molecule has 4 rings (SSSR count). The summed E-state index contributed by atoms with van der Waals surface area (Å²) in [5.74, 6) is -0.716. The van der Waals surface area contributed by atoms with Gasteiger partial charge >= 0.3 is 0 Å². The number of phenolic OH excluding ortho intramolecular Hbond substituents is 1. The van der Waals surface area contributed by atoms with Crippen molar-refractivity contribution >= 4 is 40.7 Å². The molecule has 7 nitrogen and oxygen atoms in total. The van der Waals surface area contributed by atoms with Crippen LogP contribution >= 0.6 is 23.2 Å². The highest BCUT2D eigenvalue weighted by atomic mass is 35.5. The lowest BCUT2D eigenvalue weighted by molar-refractivity contribution is 0.0927. The number of hydrogen-bond acceptors (Lipinski definition) is 5. The Labute approximate surface area is 182 Å². The van der Waals surface area contributed by atoms with Crippen LogP contribution in [0.25, 0.3) is 0 Å². The van der Waals surface area contributed by atoms with E-state index in [1.54, 1.807) is 19.1 Å². The quantitative estimate of drug-likeness (QED) is 0.495. The minimum atomic E-state index is -0.559. The predicted molar refractivity (Wildman–Crippen MR) is 112 cm³/mol. The molecule has 1 heterocycles. The van der Waals surface area contributed by atoms with Crippen molar-refractivity contribution in [2.75, 3.05) is 5.32 Å². The van der Waals surface area contributed by atoms with Crippen LogP contribution in [0.15, 0.2) is 47.1 Å². The number of phenols is 1. The van der Waals surface area contributed by atoms with Crippen LogP contribution in [0.1, 0.15) is 44.9 Å². The molecule has 1 aliphatic carbocycles. The summed E-state index contributed by atoms with van der Waals surface area (Å²) in [6, 6.07) is 9.50.